The van der Waals surface area contributed by atoms with Gasteiger partial charge in [-0.25, -0.2) is 4.39 Å². The minimum absolute atomic E-state index is 0.0761. The van der Waals surface area contributed by atoms with Crippen molar-refractivity contribution in [2.75, 3.05) is 38.3 Å². The molecule has 0 unspecified atom stereocenters. The monoisotopic (exact) mass is 322 g/mol. The number of nitrogens with one attached hydrogen (secondary N) is 2. The Hall–Kier alpha value is -1.82. The molecule has 1 aliphatic rings. The van der Waals surface area contributed by atoms with E-state index in [0.29, 0.717) is 31.4 Å². The summed E-state index contributed by atoms with van der Waals surface area (Å²) in [6.07, 6.45) is 0. The minimum Gasteiger partial charge on any atom is -0.378 e. The molecule has 0 bridgehead atoms. The van der Waals surface area contributed by atoms with Gasteiger partial charge in [0, 0.05) is 32.2 Å². The van der Waals surface area contributed by atoms with Crippen molar-refractivity contribution in [1.82, 2.24) is 10.6 Å². The van der Waals surface area contributed by atoms with Gasteiger partial charge in [-0.15, -0.1) is 0 Å². The van der Waals surface area contributed by atoms with Crippen LogP contribution in [0.2, 0.25) is 0 Å². The highest BCUT2D eigenvalue weighted by Gasteiger charge is 2.16. The number of rotatable bonds is 3. The van der Waals surface area contributed by atoms with E-state index in [-0.39, 0.29) is 11.4 Å². The van der Waals surface area contributed by atoms with Crippen molar-refractivity contribution >= 4 is 11.6 Å². The Morgan fingerprint density at radius 1 is 1.30 bits per heavy atom. The van der Waals surface area contributed by atoms with E-state index in [1.165, 1.54) is 0 Å². The molecule has 0 spiro atoms. The third-order valence-corrected chi connectivity index (χ3v) is 3.54. The van der Waals surface area contributed by atoms with Crippen LogP contribution in [0.1, 0.15) is 26.3 Å². The van der Waals surface area contributed by atoms with E-state index in [4.69, 9.17) is 4.74 Å². The lowest BCUT2D eigenvalue weighted by atomic mass is 10.1. The molecule has 1 aromatic rings. The molecule has 1 saturated heterocycles. The van der Waals surface area contributed by atoms with E-state index in [1.807, 2.05) is 17.0 Å². The SMILES string of the molecule is CN=C(NCc1ccc(N2CCOCC2)c(F)c1)NC(C)(C)C. The fourth-order valence-electron chi connectivity index (χ4n) is 2.44. The summed E-state index contributed by atoms with van der Waals surface area (Å²) in [6.45, 7) is 9.49. The van der Waals surface area contributed by atoms with Gasteiger partial charge in [0.15, 0.2) is 5.96 Å². The number of benzene rings is 1. The fourth-order valence-corrected chi connectivity index (χ4v) is 2.44. The summed E-state index contributed by atoms with van der Waals surface area (Å²) in [5.41, 5.74) is 1.46. The Kier molecular flexibility index (Phi) is 5.82. The molecule has 0 amide bonds. The van der Waals surface area contributed by atoms with Gasteiger partial charge in [0.05, 0.1) is 18.9 Å². The van der Waals surface area contributed by atoms with Crippen LogP contribution < -0.4 is 15.5 Å². The molecule has 1 aromatic carbocycles. The zero-order chi connectivity index (χ0) is 16.9. The Balaban J connectivity index is 1.97. The summed E-state index contributed by atoms with van der Waals surface area (Å²) in [4.78, 5) is 6.20. The molecule has 5 nitrogen and oxygen atoms in total. The third kappa shape index (κ3) is 5.39. The number of halogens is 1. The summed E-state index contributed by atoms with van der Waals surface area (Å²) < 4.78 is 19.7. The first-order chi connectivity index (χ1) is 10.9. The first-order valence-electron chi connectivity index (χ1n) is 7.99. The van der Waals surface area contributed by atoms with Crippen LogP contribution >= 0.6 is 0 Å². The minimum atomic E-state index is -0.190. The first kappa shape index (κ1) is 17.5. The zero-order valence-corrected chi connectivity index (χ0v) is 14.4. The number of aliphatic imine (C=N–C) groups is 1. The maximum Gasteiger partial charge on any atom is 0.191 e. The Morgan fingerprint density at radius 2 is 2.00 bits per heavy atom. The van der Waals surface area contributed by atoms with E-state index in [9.17, 15) is 4.39 Å². The molecule has 0 aromatic heterocycles. The second kappa shape index (κ2) is 7.64. The molecule has 6 heteroatoms. The van der Waals surface area contributed by atoms with Crippen LogP contribution in [0.5, 0.6) is 0 Å². The van der Waals surface area contributed by atoms with Crippen LogP contribution in [0, 0.1) is 5.82 Å². The average Bonchev–Trinajstić information content (AvgIpc) is 2.51. The molecule has 0 aliphatic carbocycles. The highest BCUT2D eigenvalue weighted by Crippen LogP contribution is 2.21. The van der Waals surface area contributed by atoms with Gasteiger partial charge >= 0.3 is 0 Å². The van der Waals surface area contributed by atoms with Crippen molar-refractivity contribution < 1.29 is 9.13 Å². The van der Waals surface area contributed by atoms with Crippen LogP contribution in [0.25, 0.3) is 0 Å². The highest BCUT2D eigenvalue weighted by atomic mass is 19.1. The van der Waals surface area contributed by atoms with Crippen molar-refractivity contribution in [3.8, 4) is 0 Å². The molecule has 128 valence electrons. The van der Waals surface area contributed by atoms with Crippen molar-refractivity contribution in [1.29, 1.82) is 0 Å². The number of hydrogen-bond donors (Lipinski definition) is 2. The molecule has 2 rings (SSSR count). The lowest BCUT2D eigenvalue weighted by Crippen LogP contribution is -2.47. The maximum atomic E-state index is 14.4. The van der Waals surface area contributed by atoms with E-state index >= 15 is 0 Å². The van der Waals surface area contributed by atoms with Gasteiger partial charge in [0.1, 0.15) is 5.82 Å². The third-order valence-electron chi connectivity index (χ3n) is 3.54. The van der Waals surface area contributed by atoms with Crippen molar-refractivity contribution in [2.24, 2.45) is 4.99 Å². The second-order valence-electron chi connectivity index (χ2n) is 6.69. The molecular weight excluding hydrogens is 295 g/mol. The van der Waals surface area contributed by atoms with Crippen LogP contribution in [-0.2, 0) is 11.3 Å². The molecule has 23 heavy (non-hydrogen) atoms. The molecular formula is C17H27FN4O. The van der Waals surface area contributed by atoms with Crippen LogP contribution in [0.15, 0.2) is 23.2 Å². The van der Waals surface area contributed by atoms with Gasteiger partial charge in [-0.1, -0.05) is 6.07 Å². The zero-order valence-electron chi connectivity index (χ0n) is 14.4. The van der Waals surface area contributed by atoms with Crippen molar-refractivity contribution in [3.05, 3.63) is 29.6 Å². The lowest BCUT2D eigenvalue weighted by Gasteiger charge is -2.29. The van der Waals surface area contributed by atoms with E-state index in [2.05, 4.69) is 36.4 Å². The van der Waals surface area contributed by atoms with Gasteiger partial charge in [0.25, 0.3) is 0 Å². The predicted molar refractivity (Wildman–Crippen MR) is 92.5 cm³/mol. The quantitative estimate of drug-likeness (QED) is 0.661. The molecule has 0 atom stereocenters. The van der Waals surface area contributed by atoms with E-state index in [0.717, 1.165) is 18.7 Å². The molecule has 0 saturated carbocycles. The maximum absolute atomic E-state index is 14.4. The summed E-state index contributed by atoms with van der Waals surface area (Å²) in [5, 5.41) is 6.48. The van der Waals surface area contributed by atoms with Crippen molar-refractivity contribution in [2.45, 2.75) is 32.9 Å². The second-order valence-corrected chi connectivity index (χ2v) is 6.69. The number of guanidine groups is 1. The first-order valence-corrected chi connectivity index (χ1v) is 7.99. The van der Waals surface area contributed by atoms with Gasteiger partial charge in [-0.05, 0) is 38.5 Å². The predicted octanol–water partition coefficient (Wildman–Crippen LogP) is 2.13. The summed E-state index contributed by atoms with van der Waals surface area (Å²) in [7, 11) is 1.73. The number of hydrogen-bond acceptors (Lipinski definition) is 3. The van der Waals surface area contributed by atoms with Crippen LogP contribution in [0.4, 0.5) is 10.1 Å². The van der Waals surface area contributed by atoms with Gasteiger partial charge < -0.3 is 20.3 Å². The van der Waals surface area contributed by atoms with Gasteiger partial charge in [0.2, 0.25) is 0 Å². The van der Waals surface area contributed by atoms with Crippen molar-refractivity contribution in [3.63, 3.8) is 0 Å². The summed E-state index contributed by atoms with van der Waals surface area (Å²) in [5.74, 6) is 0.514. The largest absolute Gasteiger partial charge is 0.378 e. The number of morpholine rings is 1. The molecule has 0 radical (unpaired) electrons. The lowest BCUT2D eigenvalue weighted by molar-refractivity contribution is 0.122. The van der Waals surface area contributed by atoms with E-state index < -0.39 is 0 Å². The van der Waals surface area contributed by atoms with Gasteiger partial charge in [-0.3, -0.25) is 4.99 Å². The normalized spacial score (nSPS) is 16.4. The van der Waals surface area contributed by atoms with Crippen LogP contribution in [0.3, 0.4) is 0 Å². The summed E-state index contributed by atoms with van der Waals surface area (Å²) >= 11 is 0. The summed E-state index contributed by atoms with van der Waals surface area (Å²) in [6, 6.07) is 5.38. The highest BCUT2D eigenvalue weighted by molar-refractivity contribution is 5.80. The number of nitrogens with zero attached hydrogens (tertiary/aromatic N) is 2. The standard InChI is InChI=1S/C17H27FN4O/c1-17(2,3)21-16(19-4)20-12-13-5-6-15(14(18)11-13)22-7-9-23-10-8-22/h5-6,11H,7-10,12H2,1-4H3,(H2,19,20,21). The van der Waals surface area contributed by atoms with E-state index in [1.54, 1.807) is 13.1 Å². The fraction of sp³-hybridized carbons (Fsp3) is 0.588. The topological polar surface area (TPSA) is 48.9 Å². The number of anilines is 1. The molecule has 2 N–H and O–H groups in total. The Labute approximate surface area is 137 Å². The number of ether oxygens (including phenoxy) is 1. The molecule has 1 heterocycles. The smallest absolute Gasteiger partial charge is 0.191 e. The Morgan fingerprint density at radius 3 is 2.57 bits per heavy atom. The molecule has 1 fully saturated rings. The van der Waals surface area contributed by atoms with Gasteiger partial charge in [-0.2, -0.15) is 0 Å². The average molecular weight is 322 g/mol. The van der Waals surface area contributed by atoms with Crippen LogP contribution in [-0.4, -0.2) is 44.8 Å². The molecule has 1 aliphatic heterocycles. The Bertz CT molecular complexity index is 548.